The van der Waals surface area contributed by atoms with Crippen LogP contribution in [0.3, 0.4) is 0 Å². The van der Waals surface area contributed by atoms with E-state index in [4.69, 9.17) is 9.47 Å². The SMILES string of the molecule is CC(=O)c1cc2c(cc1NC(=O)[C@@H]1CC(=O)N([C@@H]3CCC[C@@H](C)[C@H]3C)C1)OCO2. The third-order valence-electron chi connectivity index (χ3n) is 6.74. The minimum absolute atomic E-state index is 0.0496. The van der Waals surface area contributed by atoms with Crippen LogP contribution in [-0.4, -0.2) is 41.9 Å². The van der Waals surface area contributed by atoms with E-state index in [2.05, 4.69) is 19.2 Å². The van der Waals surface area contributed by atoms with Gasteiger partial charge in [0.2, 0.25) is 18.6 Å². The molecule has 2 aliphatic heterocycles. The van der Waals surface area contributed by atoms with Crippen LogP contribution in [0.1, 0.15) is 56.8 Å². The van der Waals surface area contributed by atoms with E-state index in [1.807, 2.05) is 4.90 Å². The zero-order valence-corrected chi connectivity index (χ0v) is 17.2. The van der Waals surface area contributed by atoms with E-state index in [0.717, 1.165) is 12.8 Å². The normalized spacial score (nSPS) is 28.5. The van der Waals surface area contributed by atoms with Crippen molar-refractivity contribution in [2.24, 2.45) is 17.8 Å². The van der Waals surface area contributed by atoms with Crippen molar-refractivity contribution in [3.05, 3.63) is 17.7 Å². The molecule has 1 N–H and O–H groups in total. The van der Waals surface area contributed by atoms with Crippen LogP contribution in [-0.2, 0) is 9.59 Å². The fourth-order valence-electron chi connectivity index (χ4n) is 4.79. The van der Waals surface area contributed by atoms with Crippen molar-refractivity contribution in [1.82, 2.24) is 4.90 Å². The third kappa shape index (κ3) is 3.70. The average molecular weight is 400 g/mol. The lowest BCUT2D eigenvalue weighted by molar-refractivity contribution is -0.131. The van der Waals surface area contributed by atoms with Crippen LogP contribution in [0, 0.1) is 17.8 Å². The number of Topliss-reactive ketones (excluding diaryl/α,β-unsaturated/α-hetero) is 1. The van der Waals surface area contributed by atoms with Gasteiger partial charge in [-0.15, -0.1) is 0 Å². The van der Waals surface area contributed by atoms with Crippen LogP contribution in [0.25, 0.3) is 0 Å². The third-order valence-corrected chi connectivity index (χ3v) is 6.74. The molecular formula is C22H28N2O5. The molecule has 0 spiro atoms. The van der Waals surface area contributed by atoms with Crippen molar-refractivity contribution in [2.45, 2.75) is 52.5 Å². The summed E-state index contributed by atoms with van der Waals surface area (Å²) in [5.74, 6) is 1.24. The standard InChI is InChI=1S/C22H28N2O5/c1-12-5-4-6-18(13(12)2)24-10-15(7-21(24)26)22(27)23-17-9-20-19(28-11-29-20)8-16(17)14(3)25/h8-9,12-13,15,18H,4-7,10-11H2,1-3H3,(H,23,27)/t12-,13-,15-,18-/m1/s1. The number of carbonyl (C=O) groups is 3. The highest BCUT2D eigenvalue weighted by Crippen LogP contribution is 2.38. The van der Waals surface area contributed by atoms with Gasteiger partial charge in [0.25, 0.3) is 0 Å². The lowest BCUT2D eigenvalue weighted by Gasteiger charge is -2.40. The maximum absolute atomic E-state index is 12.9. The van der Waals surface area contributed by atoms with Crippen molar-refractivity contribution in [2.75, 3.05) is 18.7 Å². The molecule has 2 fully saturated rings. The zero-order valence-electron chi connectivity index (χ0n) is 17.2. The summed E-state index contributed by atoms with van der Waals surface area (Å²) in [5, 5.41) is 2.85. The number of anilines is 1. The number of hydrogen-bond donors (Lipinski definition) is 1. The van der Waals surface area contributed by atoms with Crippen molar-refractivity contribution in [3.8, 4) is 11.5 Å². The lowest BCUT2D eigenvalue weighted by atomic mass is 9.77. The van der Waals surface area contributed by atoms with E-state index in [-0.39, 0.29) is 36.9 Å². The molecule has 0 unspecified atom stereocenters. The molecule has 1 aromatic rings. The quantitative estimate of drug-likeness (QED) is 0.785. The Morgan fingerprint density at radius 3 is 2.59 bits per heavy atom. The van der Waals surface area contributed by atoms with Crippen LogP contribution in [0.2, 0.25) is 0 Å². The molecule has 2 heterocycles. The number of nitrogens with zero attached hydrogens (tertiary/aromatic N) is 1. The van der Waals surface area contributed by atoms with Crippen molar-refractivity contribution in [3.63, 3.8) is 0 Å². The van der Waals surface area contributed by atoms with Crippen molar-refractivity contribution >= 4 is 23.3 Å². The van der Waals surface area contributed by atoms with Gasteiger partial charge in [0.15, 0.2) is 17.3 Å². The Morgan fingerprint density at radius 1 is 1.14 bits per heavy atom. The fraction of sp³-hybridized carbons (Fsp3) is 0.591. The van der Waals surface area contributed by atoms with E-state index in [1.54, 1.807) is 12.1 Å². The lowest BCUT2D eigenvalue weighted by Crippen LogP contribution is -2.45. The smallest absolute Gasteiger partial charge is 0.231 e. The number of ether oxygens (including phenoxy) is 2. The highest BCUT2D eigenvalue weighted by atomic mass is 16.7. The first-order valence-corrected chi connectivity index (χ1v) is 10.4. The largest absolute Gasteiger partial charge is 0.454 e. The van der Waals surface area contributed by atoms with E-state index in [1.165, 1.54) is 13.3 Å². The average Bonchev–Trinajstić information content (AvgIpc) is 3.29. The van der Waals surface area contributed by atoms with E-state index < -0.39 is 5.92 Å². The van der Waals surface area contributed by atoms with E-state index in [0.29, 0.717) is 41.1 Å². The van der Waals surface area contributed by atoms with E-state index in [9.17, 15) is 14.4 Å². The molecule has 156 valence electrons. The molecule has 1 saturated carbocycles. The van der Waals surface area contributed by atoms with Gasteiger partial charge in [-0.05, 0) is 31.2 Å². The number of ketones is 1. The van der Waals surface area contributed by atoms with Gasteiger partial charge in [0.05, 0.1) is 11.6 Å². The molecular weight excluding hydrogens is 372 g/mol. The zero-order chi connectivity index (χ0) is 20.7. The molecule has 1 aliphatic carbocycles. The molecule has 4 rings (SSSR count). The summed E-state index contributed by atoms with van der Waals surface area (Å²) in [4.78, 5) is 39.6. The molecule has 2 amide bonds. The number of nitrogens with one attached hydrogen (secondary N) is 1. The van der Waals surface area contributed by atoms with Crippen LogP contribution >= 0.6 is 0 Å². The molecule has 0 aromatic heterocycles. The highest BCUT2D eigenvalue weighted by molar-refractivity contribution is 6.06. The summed E-state index contributed by atoms with van der Waals surface area (Å²) < 4.78 is 10.7. The molecule has 29 heavy (non-hydrogen) atoms. The minimum atomic E-state index is -0.419. The van der Waals surface area contributed by atoms with Crippen LogP contribution in [0.15, 0.2) is 12.1 Å². The Bertz CT molecular complexity index is 852. The number of amides is 2. The van der Waals surface area contributed by atoms with Crippen LogP contribution in [0.4, 0.5) is 5.69 Å². The summed E-state index contributed by atoms with van der Waals surface area (Å²) in [7, 11) is 0. The Balaban J connectivity index is 1.49. The molecule has 3 aliphatic rings. The monoisotopic (exact) mass is 400 g/mol. The number of rotatable bonds is 4. The Kier molecular flexibility index (Phi) is 5.23. The van der Waals surface area contributed by atoms with Gasteiger partial charge in [0, 0.05) is 30.6 Å². The molecule has 7 nitrogen and oxygen atoms in total. The predicted molar refractivity (Wildman–Crippen MR) is 107 cm³/mol. The first-order chi connectivity index (χ1) is 13.8. The number of fused-ring (bicyclic) bond motifs is 1. The van der Waals surface area contributed by atoms with Crippen molar-refractivity contribution < 1.29 is 23.9 Å². The number of hydrogen-bond acceptors (Lipinski definition) is 5. The second-order valence-electron chi connectivity index (χ2n) is 8.58. The summed E-state index contributed by atoms with van der Waals surface area (Å²) >= 11 is 0. The Labute approximate surface area is 170 Å². The topological polar surface area (TPSA) is 84.9 Å². The predicted octanol–water partition coefficient (Wildman–Crippen LogP) is 3.23. The summed E-state index contributed by atoms with van der Waals surface area (Å²) in [6.45, 7) is 6.42. The molecule has 1 saturated heterocycles. The van der Waals surface area contributed by atoms with Gasteiger partial charge in [-0.2, -0.15) is 0 Å². The van der Waals surface area contributed by atoms with Gasteiger partial charge in [-0.3, -0.25) is 14.4 Å². The van der Waals surface area contributed by atoms with Gasteiger partial charge in [0.1, 0.15) is 0 Å². The molecule has 1 aromatic carbocycles. The number of carbonyl (C=O) groups excluding carboxylic acids is 3. The Morgan fingerprint density at radius 2 is 1.86 bits per heavy atom. The molecule has 7 heteroatoms. The second kappa shape index (κ2) is 7.69. The van der Waals surface area contributed by atoms with Gasteiger partial charge in [-0.1, -0.05) is 26.7 Å². The number of benzene rings is 1. The minimum Gasteiger partial charge on any atom is -0.454 e. The van der Waals surface area contributed by atoms with Gasteiger partial charge >= 0.3 is 0 Å². The highest BCUT2D eigenvalue weighted by Gasteiger charge is 2.41. The molecule has 0 bridgehead atoms. The summed E-state index contributed by atoms with van der Waals surface area (Å²) in [6.07, 6.45) is 3.53. The fourth-order valence-corrected chi connectivity index (χ4v) is 4.79. The molecule has 4 atom stereocenters. The maximum atomic E-state index is 12.9. The van der Waals surface area contributed by atoms with E-state index >= 15 is 0 Å². The van der Waals surface area contributed by atoms with Gasteiger partial charge in [-0.25, -0.2) is 0 Å². The summed E-state index contributed by atoms with van der Waals surface area (Å²) in [5.41, 5.74) is 0.774. The first-order valence-electron chi connectivity index (χ1n) is 10.4. The Hall–Kier alpha value is -2.57. The number of likely N-dealkylation sites (tertiary alicyclic amines) is 1. The maximum Gasteiger partial charge on any atom is 0.231 e. The van der Waals surface area contributed by atoms with Gasteiger partial charge < -0.3 is 19.7 Å². The van der Waals surface area contributed by atoms with Crippen LogP contribution in [0.5, 0.6) is 11.5 Å². The molecule has 0 radical (unpaired) electrons. The van der Waals surface area contributed by atoms with Crippen molar-refractivity contribution in [1.29, 1.82) is 0 Å². The van der Waals surface area contributed by atoms with Crippen LogP contribution < -0.4 is 14.8 Å². The summed E-state index contributed by atoms with van der Waals surface area (Å²) in [6, 6.07) is 3.43. The first kappa shape index (κ1) is 19.7. The second-order valence-corrected chi connectivity index (χ2v) is 8.58.